The highest BCUT2D eigenvalue weighted by Crippen LogP contribution is 2.46. The summed E-state index contributed by atoms with van der Waals surface area (Å²) in [6.07, 6.45) is -2.50. The van der Waals surface area contributed by atoms with Crippen LogP contribution in [0.5, 0.6) is 17.2 Å². The van der Waals surface area contributed by atoms with E-state index in [-0.39, 0.29) is 56.9 Å². The van der Waals surface area contributed by atoms with Gasteiger partial charge in [-0.1, -0.05) is 0 Å². The number of aromatic hydroxyl groups is 1. The third-order valence-corrected chi connectivity index (χ3v) is 4.53. The van der Waals surface area contributed by atoms with Gasteiger partial charge in [-0.25, -0.2) is 4.98 Å². The second-order valence-corrected chi connectivity index (χ2v) is 6.63. The number of phenols is 1. The van der Waals surface area contributed by atoms with Crippen molar-refractivity contribution in [3.8, 4) is 28.4 Å². The van der Waals surface area contributed by atoms with Gasteiger partial charge in [0.25, 0.3) is 5.91 Å². The van der Waals surface area contributed by atoms with Crippen LogP contribution >= 0.6 is 0 Å². The number of aromatic nitrogens is 1. The molecular weight excluding hydrogens is 414 g/mol. The van der Waals surface area contributed by atoms with Crippen molar-refractivity contribution in [2.45, 2.75) is 6.29 Å². The number of nitrogen functional groups attached to an aromatic ring is 4. The van der Waals surface area contributed by atoms with Crippen LogP contribution in [0.25, 0.3) is 11.1 Å². The van der Waals surface area contributed by atoms with Crippen LogP contribution in [-0.4, -0.2) is 22.3 Å². The second-order valence-electron chi connectivity index (χ2n) is 6.63. The fourth-order valence-electron chi connectivity index (χ4n) is 3.04. The van der Waals surface area contributed by atoms with Crippen molar-refractivity contribution in [3.05, 3.63) is 42.1 Å². The van der Waals surface area contributed by atoms with Crippen molar-refractivity contribution in [1.29, 1.82) is 0 Å². The van der Waals surface area contributed by atoms with E-state index in [0.29, 0.717) is 5.56 Å². The summed E-state index contributed by atoms with van der Waals surface area (Å²) in [5.41, 5.74) is 23.7. The molecule has 0 unspecified atom stereocenters. The number of hydrogen-bond acceptors (Lipinski definition) is 9. The number of benzene rings is 2. The van der Waals surface area contributed by atoms with Gasteiger partial charge in [0.2, 0.25) is 0 Å². The molecule has 0 saturated carbocycles. The summed E-state index contributed by atoms with van der Waals surface area (Å²) in [7, 11) is 0. The first-order chi connectivity index (χ1) is 14.6. The summed E-state index contributed by atoms with van der Waals surface area (Å²) < 4.78 is 35.1. The first-order valence-corrected chi connectivity index (χ1v) is 8.69. The molecule has 1 amide bonds. The first-order valence-electron chi connectivity index (χ1n) is 8.69. The SMILES string of the molecule is Nc1cc(N)c(C(=O)Nc2ccc(-c3cc4c(cc3O)OC(F)(F)O4)cn2)c(N)c1N. The number of pyridine rings is 1. The Labute approximate surface area is 173 Å². The molecule has 2 heterocycles. The van der Waals surface area contributed by atoms with Crippen molar-refractivity contribution >= 4 is 34.5 Å². The molecule has 2 aromatic carbocycles. The molecule has 0 saturated heterocycles. The van der Waals surface area contributed by atoms with E-state index in [2.05, 4.69) is 19.8 Å². The molecule has 0 spiro atoms. The van der Waals surface area contributed by atoms with Gasteiger partial charge in [-0.2, -0.15) is 0 Å². The minimum Gasteiger partial charge on any atom is -0.507 e. The van der Waals surface area contributed by atoms with Gasteiger partial charge in [0.1, 0.15) is 11.6 Å². The van der Waals surface area contributed by atoms with Gasteiger partial charge in [-0.05, 0) is 24.3 Å². The van der Waals surface area contributed by atoms with Crippen LogP contribution in [0.1, 0.15) is 10.4 Å². The predicted octanol–water partition coefficient (Wildman–Crippen LogP) is 2.36. The van der Waals surface area contributed by atoms with Gasteiger partial charge < -0.3 is 42.8 Å². The zero-order valence-electron chi connectivity index (χ0n) is 15.6. The highest BCUT2D eigenvalue weighted by atomic mass is 19.3. The molecule has 1 aliphatic heterocycles. The van der Waals surface area contributed by atoms with Gasteiger partial charge in [0, 0.05) is 29.1 Å². The maximum atomic E-state index is 13.2. The number of ether oxygens (including phenoxy) is 2. The molecule has 0 atom stereocenters. The number of nitrogens with two attached hydrogens (primary N) is 4. The van der Waals surface area contributed by atoms with Crippen molar-refractivity contribution in [1.82, 2.24) is 4.98 Å². The van der Waals surface area contributed by atoms with Crippen molar-refractivity contribution in [2.24, 2.45) is 0 Å². The molecule has 4 rings (SSSR count). The van der Waals surface area contributed by atoms with E-state index in [1.165, 1.54) is 30.5 Å². The summed E-state index contributed by atoms with van der Waals surface area (Å²) in [5.74, 6) is -1.37. The number of hydrogen-bond donors (Lipinski definition) is 6. The average molecular weight is 430 g/mol. The monoisotopic (exact) mass is 430 g/mol. The summed E-state index contributed by atoms with van der Waals surface area (Å²) in [6.45, 7) is 0. The van der Waals surface area contributed by atoms with Crippen LogP contribution in [-0.2, 0) is 0 Å². The van der Waals surface area contributed by atoms with Crippen LogP contribution in [0.4, 0.5) is 37.3 Å². The largest absolute Gasteiger partial charge is 0.586 e. The normalized spacial score (nSPS) is 13.7. The number of carbonyl (C=O) groups is 1. The van der Waals surface area contributed by atoms with E-state index in [9.17, 15) is 18.7 Å². The predicted molar refractivity (Wildman–Crippen MR) is 110 cm³/mol. The summed E-state index contributed by atoms with van der Waals surface area (Å²) >= 11 is 0. The van der Waals surface area contributed by atoms with E-state index in [1.807, 2.05) is 0 Å². The lowest BCUT2D eigenvalue weighted by molar-refractivity contribution is -0.286. The topological polar surface area (TPSA) is 185 Å². The molecule has 1 aliphatic rings. The fraction of sp³-hybridized carbons (Fsp3) is 0.0526. The molecule has 10 nitrogen and oxygen atoms in total. The second kappa shape index (κ2) is 6.79. The molecule has 0 radical (unpaired) electrons. The molecule has 31 heavy (non-hydrogen) atoms. The molecule has 12 heteroatoms. The number of phenolic OH excluding ortho intramolecular Hbond substituents is 1. The van der Waals surface area contributed by atoms with Crippen LogP contribution < -0.4 is 37.7 Å². The number of alkyl halides is 2. The van der Waals surface area contributed by atoms with Crippen LogP contribution in [0, 0.1) is 0 Å². The molecule has 160 valence electrons. The molecule has 10 N–H and O–H groups in total. The van der Waals surface area contributed by atoms with Crippen LogP contribution in [0.3, 0.4) is 0 Å². The van der Waals surface area contributed by atoms with Crippen LogP contribution in [0.2, 0.25) is 0 Å². The number of halogens is 2. The summed E-state index contributed by atoms with van der Waals surface area (Å²) in [4.78, 5) is 16.7. The van der Waals surface area contributed by atoms with Gasteiger partial charge in [-0.15, -0.1) is 8.78 Å². The van der Waals surface area contributed by atoms with E-state index >= 15 is 0 Å². The number of amides is 1. The van der Waals surface area contributed by atoms with E-state index in [4.69, 9.17) is 22.9 Å². The Morgan fingerprint density at radius 3 is 2.32 bits per heavy atom. The maximum Gasteiger partial charge on any atom is 0.586 e. The number of nitrogens with one attached hydrogen (secondary N) is 1. The van der Waals surface area contributed by atoms with Crippen molar-refractivity contribution in [3.63, 3.8) is 0 Å². The Bertz CT molecular complexity index is 1220. The summed E-state index contributed by atoms with van der Waals surface area (Å²) in [5, 5.41) is 12.7. The highest BCUT2D eigenvalue weighted by Gasteiger charge is 2.44. The molecule has 0 aliphatic carbocycles. The Kier molecular flexibility index (Phi) is 4.34. The Morgan fingerprint density at radius 2 is 1.68 bits per heavy atom. The van der Waals surface area contributed by atoms with Crippen molar-refractivity contribution in [2.75, 3.05) is 28.3 Å². The van der Waals surface area contributed by atoms with E-state index < -0.39 is 12.2 Å². The fourth-order valence-corrected chi connectivity index (χ4v) is 3.04. The number of carbonyl (C=O) groups excluding carboxylic acids is 1. The molecular formula is C19H16F2N6O4. The van der Waals surface area contributed by atoms with E-state index in [0.717, 1.165) is 6.07 Å². The Balaban J connectivity index is 1.58. The standard InChI is InChI=1S/C19H16F2N6O4/c20-19(21)30-12-3-8(11(28)5-13(12)31-19)7-1-2-14(26-6-7)27-18(29)15-9(22)4-10(23)16(24)17(15)25/h1-6,28H,22-25H2,(H,26,27,29). The Hall–Kier alpha value is -4.48. The lowest BCUT2D eigenvalue weighted by atomic mass is 10.1. The van der Waals surface area contributed by atoms with E-state index in [1.54, 1.807) is 0 Å². The minimum atomic E-state index is -3.81. The lowest BCUT2D eigenvalue weighted by Gasteiger charge is -2.13. The van der Waals surface area contributed by atoms with Crippen LogP contribution in [0.15, 0.2) is 36.5 Å². The summed E-state index contributed by atoms with van der Waals surface area (Å²) in [6, 6.07) is 6.46. The zero-order chi connectivity index (χ0) is 22.5. The smallest absolute Gasteiger partial charge is 0.507 e. The van der Waals surface area contributed by atoms with Gasteiger partial charge in [-0.3, -0.25) is 4.79 Å². The minimum absolute atomic E-state index is 0.0338. The maximum absolute atomic E-state index is 13.2. The Morgan fingerprint density at radius 1 is 1.00 bits per heavy atom. The zero-order valence-corrected chi connectivity index (χ0v) is 15.6. The number of rotatable bonds is 3. The first kappa shape index (κ1) is 19.8. The highest BCUT2D eigenvalue weighted by molar-refractivity contribution is 6.13. The van der Waals surface area contributed by atoms with Gasteiger partial charge >= 0.3 is 6.29 Å². The number of nitrogens with zero attached hydrogens (tertiary/aromatic N) is 1. The number of fused-ring (bicyclic) bond motifs is 1. The third kappa shape index (κ3) is 3.50. The average Bonchev–Trinajstić information content (AvgIpc) is 2.99. The molecule has 3 aromatic rings. The molecule has 0 fully saturated rings. The van der Waals surface area contributed by atoms with Gasteiger partial charge in [0.05, 0.1) is 22.6 Å². The quantitative estimate of drug-likeness (QED) is 0.339. The van der Waals surface area contributed by atoms with Gasteiger partial charge in [0.15, 0.2) is 11.5 Å². The van der Waals surface area contributed by atoms with Crippen molar-refractivity contribution < 1.29 is 28.2 Å². The lowest BCUT2D eigenvalue weighted by Crippen LogP contribution is -2.25. The molecule has 0 bridgehead atoms. The third-order valence-electron chi connectivity index (χ3n) is 4.53. The molecule has 1 aromatic heterocycles. The number of anilines is 5.